The number of hydrogen-bond acceptors (Lipinski definition) is 2. The molecule has 1 aliphatic carbocycles. The van der Waals surface area contributed by atoms with E-state index in [0.717, 1.165) is 28.9 Å². The maximum atomic E-state index is 12.5. The molecule has 4 nitrogen and oxygen atoms in total. The van der Waals surface area contributed by atoms with Crippen molar-refractivity contribution >= 4 is 16.8 Å². The predicted molar refractivity (Wildman–Crippen MR) is 68.3 cm³/mol. The molecule has 2 unspecified atom stereocenters. The summed E-state index contributed by atoms with van der Waals surface area (Å²) in [5.74, 6) is 0.925. The maximum absolute atomic E-state index is 12.5. The van der Waals surface area contributed by atoms with Crippen LogP contribution in [0.3, 0.4) is 0 Å². The van der Waals surface area contributed by atoms with Crippen molar-refractivity contribution in [1.29, 1.82) is 0 Å². The molecule has 1 amide bonds. The Kier molecular flexibility index (Phi) is 2.01. The Bertz CT molecular complexity index is 618. The molecule has 1 aromatic heterocycles. The molecule has 92 valence electrons. The van der Waals surface area contributed by atoms with Crippen molar-refractivity contribution in [3.63, 3.8) is 0 Å². The highest BCUT2D eigenvalue weighted by Crippen LogP contribution is 2.38. The first-order valence-corrected chi connectivity index (χ1v) is 6.55. The van der Waals surface area contributed by atoms with Gasteiger partial charge in [-0.15, -0.1) is 0 Å². The summed E-state index contributed by atoms with van der Waals surface area (Å²) in [4.78, 5) is 14.6. The van der Waals surface area contributed by atoms with E-state index < -0.39 is 0 Å². The molecule has 2 bridgehead atoms. The number of benzene rings is 1. The molecule has 1 saturated carbocycles. The lowest BCUT2D eigenvalue weighted by Gasteiger charge is -2.27. The molecule has 1 aliphatic heterocycles. The van der Waals surface area contributed by atoms with Crippen LogP contribution >= 0.6 is 0 Å². The molecule has 1 aromatic carbocycles. The summed E-state index contributed by atoms with van der Waals surface area (Å²) in [5, 5.41) is 7.96. The van der Waals surface area contributed by atoms with Crippen LogP contribution < -0.4 is 0 Å². The highest BCUT2D eigenvalue weighted by molar-refractivity contribution is 5.98. The number of piperidine rings is 1. The number of H-pyrrole nitrogens is 1. The van der Waals surface area contributed by atoms with Crippen molar-refractivity contribution in [2.45, 2.75) is 25.3 Å². The van der Waals surface area contributed by atoms with Gasteiger partial charge in [-0.2, -0.15) is 5.10 Å². The normalized spacial score (nSPS) is 26.1. The second-order valence-electron chi connectivity index (χ2n) is 5.46. The molecule has 4 heteroatoms. The second kappa shape index (κ2) is 3.57. The third kappa shape index (κ3) is 1.38. The number of amides is 1. The second-order valence-corrected chi connectivity index (χ2v) is 5.46. The van der Waals surface area contributed by atoms with Crippen molar-refractivity contribution in [1.82, 2.24) is 15.1 Å². The van der Waals surface area contributed by atoms with Crippen molar-refractivity contribution in [3.8, 4) is 0 Å². The standard InChI is InChI=1S/C14H15N3O/c18-14(17-8-9-1-4-12(17)5-9)10-2-3-11-7-15-16-13(11)6-10/h2-3,6-7,9,12H,1,4-5,8H2,(H,15,16). The Morgan fingerprint density at radius 1 is 1.39 bits per heavy atom. The first-order chi connectivity index (χ1) is 8.81. The summed E-state index contributed by atoms with van der Waals surface area (Å²) in [5.41, 5.74) is 1.71. The lowest BCUT2D eigenvalue weighted by Crippen LogP contribution is -2.37. The number of nitrogens with zero attached hydrogens (tertiary/aromatic N) is 2. The van der Waals surface area contributed by atoms with Crippen molar-refractivity contribution in [3.05, 3.63) is 30.0 Å². The summed E-state index contributed by atoms with van der Waals surface area (Å²) in [6.45, 7) is 0.949. The predicted octanol–water partition coefficient (Wildman–Crippen LogP) is 2.19. The van der Waals surface area contributed by atoms with Gasteiger partial charge in [0.1, 0.15) is 0 Å². The topological polar surface area (TPSA) is 49.0 Å². The average Bonchev–Trinajstić information content (AvgIpc) is 3.12. The van der Waals surface area contributed by atoms with Gasteiger partial charge in [0, 0.05) is 23.5 Å². The van der Waals surface area contributed by atoms with E-state index in [0.29, 0.717) is 6.04 Å². The van der Waals surface area contributed by atoms with Crippen LogP contribution in [0.2, 0.25) is 0 Å². The smallest absolute Gasteiger partial charge is 0.254 e. The van der Waals surface area contributed by atoms with Crippen LogP contribution in [0.1, 0.15) is 29.6 Å². The van der Waals surface area contributed by atoms with Crippen LogP contribution in [0.5, 0.6) is 0 Å². The fourth-order valence-electron chi connectivity index (χ4n) is 3.41. The van der Waals surface area contributed by atoms with E-state index in [2.05, 4.69) is 15.1 Å². The average molecular weight is 241 g/mol. The monoisotopic (exact) mass is 241 g/mol. The largest absolute Gasteiger partial charge is 0.335 e. The van der Waals surface area contributed by atoms with E-state index in [4.69, 9.17) is 0 Å². The summed E-state index contributed by atoms with van der Waals surface area (Å²) < 4.78 is 0. The van der Waals surface area contributed by atoms with E-state index >= 15 is 0 Å². The number of fused-ring (bicyclic) bond motifs is 3. The molecule has 4 rings (SSSR count). The van der Waals surface area contributed by atoms with Crippen LogP contribution in [0.15, 0.2) is 24.4 Å². The molecule has 2 atom stereocenters. The first-order valence-electron chi connectivity index (χ1n) is 6.55. The Morgan fingerprint density at radius 3 is 3.11 bits per heavy atom. The molecule has 0 spiro atoms. The lowest BCUT2D eigenvalue weighted by atomic mass is 10.1. The molecule has 2 aromatic rings. The van der Waals surface area contributed by atoms with E-state index in [1.807, 2.05) is 18.2 Å². The molecule has 0 radical (unpaired) electrons. The summed E-state index contributed by atoms with van der Waals surface area (Å²) in [6.07, 6.45) is 5.47. The van der Waals surface area contributed by atoms with Gasteiger partial charge in [-0.3, -0.25) is 9.89 Å². The van der Waals surface area contributed by atoms with Crippen LogP contribution in [0, 0.1) is 5.92 Å². The summed E-state index contributed by atoms with van der Waals surface area (Å²) in [7, 11) is 0. The Balaban J connectivity index is 1.67. The number of nitrogens with one attached hydrogen (secondary N) is 1. The van der Waals surface area contributed by atoms with E-state index in [1.165, 1.54) is 19.3 Å². The fourth-order valence-corrected chi connectivity index (χ4v) is 3.41. The number of aromatic amines is 1. The van der Waals surface area contributed by atoms with Gasteiger partial charge < -0.3 is 4.90 Å². The zero-order chi connectivity index (χ0) is 12.1. The first kappa shape index (κ1) is 10.1. The number of likely N-dealkylation sites (tertiary alicyclic amines) is 1. The zero-order valence-corrected chi connectivity index (χ0v) is 10.1. The molecular formula is C14H15N3O. The van der Waals surface area contributed by atoms with Gasteiger partial charge in [-0.25, -0.2) is 0 Å². The van der Waals surface area contributed by atoms with Crippen molar-refractivity contribution in [2.24, 2.45) is 5.92 Å². The summed E-state index contributed by atoms with van der Waals surface area (Å²) >= 11 is 0. The number of aromatic nitrogens is 2. The van der Waals surface area contributed by atoms with Crippen molar-refractivity contribution < 1.29 is 4.79 Å². The van der Waals surface area contributed by atoms with Gasteiger partial charge in [-0.1, -0.05) is 6.07 Å². The van der Waals surface area contributed by atoms with Crippen LogP contribution in [-0.4, -0.2) is 33.6 Å². The third-order valence-corrected chi connectivity index (χ3v) is 4.36. The molecule has 2 heterocycles. The lowest BCUT2D eigenvalue weighted by molar-refractivity contribution is 0.0704. The van der Waals surface area contributed by atoms with Gasteiger partial charge >= 0.3 is 0 Å². The minimum atomic E-state index is 0.179. The molecule has 1 saturated heterocycles. The van der Waals surface area contributed by atoms with E-state index in [1.54, 1.807) is 6.20 Å². The van der Waals surface area contributed by atoms with E-state index in [-0.39, 0.29) is 5.91 Å². The van der Waals surface area contributed by atoms with E-state index in [9.17, 15) is 4.79 Å². The third-order valence-electron chi connectivity index (χ3n) is 4.36. The van der Waals surface area contributed by atoms with Gasteiger partial charge in [-0.05, 0) is 37.3 Å². The number of carbonyl (C=O) groups is 1. The highest BCUT2D eigenvalue weighted by Gasteiger charge is 2.40. The Morgan fingerprint density at radius 2 is 2.33 bits per heavy atom. The highest BCUT2D eigenvalue weighted by atomic mass is 16.2. The summed E-state index contributed by atoms with van der Waals surface area (Å²) in [6, 6.07) is 6.27. The molecular weight excluding hydrogens is 226 g/mol. The van der Waals surface area contributed by atoms with Gasteiger partial charge in [0.2, 0.25) is 0 Å². The van der Waals surface area contributed by atoms with Crippen LogP contribution in [0.25, 0.3) is 10.9 Å². The molecule has 2 aliphatic rings. The number of carbonyl (C=O) groups excluding carboxylic acids is 1. The quantitative estimate of drug-likeness (QED) is 0.832. The molecule has 2 fully saturated rings. The van der Waals surface area contributed by atoms with Crippen molar-refractivity contribution in [2.75, 3.05) is 6.54 Å². The maximum Gasteiger partial charge on any atom is 0.254 e. The minimum Gasteiger partial charge on any atom is -0.335 e. The molecule has 1 N–H and O–H groups in total. The Labute approximate surface area is 105 Å². The number of hydrogen-bond donors (Lipinski definition) is 1. The van der Waals surface area contributed by atoms with Gasteiger partial charge in [0.05, 0.1) is 11.7 Å². The molecule has 18 heavy (non-hydrogen) atoms. The SMILES string of the molecule is O=C(c1ccc2cn[nH]c2c1)N1CC2CCC1C2. The van der Waals surface area contributed by atoms with Gasteiger partial charge in [0.15, 0.2) is 0 Å². The number of rotatable bonds is 1. The minimum absolute atomic E-state index is 0.179. The zero-order valence-electron chi connectivity index (χ0n) is 10.1. The van der Waals surface area contributed by atoms with Crippen LogP contribution in [0.4, 0.5) is 0 Å². The Hall–Kier alpha value is -1.84. The van der Waals surface area contributed by atoms with Crippen LogP contribution in [-0.2, 0) is 0 Å². The van der Waals surface area contributed by atoms with Gasteiger partial charge in [0.25, 0.3) is 5.91 Å². The fraction of sp³-hybridized carbons (Fsp3) is 0.429.